The number of halogens is 2. The van der Waals surface area contributed by atoms with E-state index in [0.717, 1.165) is 4.47 Å². The fraction of sp³-hybridized carbons (Fsp3) is 0. The van der Waals surface area contributed by atoms with Crippen molar-refractivity contribution in [3.8, 4) is 0 Å². The van der Waals surface area contributed by atoms with E-state index in [0.29, 0.717) is 16.1 Å². The number of rotatable bonds is 1. The lowest BCUT2D eigenvalue weighted by Crippen LogP contribution is -2.06. The van der Waals surface area contributed by atoms with Crippen LogP contribution in [-0.2, 0) is 0 Å². The first kappa shape index (κ1) is 8.80. The minimum Gasteiger partial charge on any atom is -0.421 e. The first-order valence-electron chi connectivity index (χ1n) is 3.43. The third kappa shape index (κ3) is 1.50. The van der Waals surface area contributed by atoms with Crippen LogP contribution in [0.5, 0.6) is 0 Å². The molecule has 0 aliphatic carbocycles. The number of hydrogen-bond acceptors (Lipinski definition) is 4. The van der Waals surface area contributed by atoms with Gasteiger partial charge in [0.15, 0.2) is 5.58 Å². The quantitative estimate of drug-likeness (QED) is 0.612. The second-order valence-corrected chi connectivity index (χ2v) is 3.69. The highest BCUT2D eigenvalue weighted by molar-refractivity contribution is 9.10. The van der Waals surface area contributed by atoms with Crippen molar-refractivity contribution in [1.29, 1.82) is 0 Å². The Labute approximate surface area is 87.2 Å². The van der Waals surface area contributed by atoms with Gasteiger partial charge in [0.05, 0.1) is 4.47 Å². The Bertz CT molecular complexity index is 456. The highest BCUT2D eigenvalue weighted by atomic mass is 79.9. The van der Waals surface area contributed by atoms with Gasteiger partial charge in [-0.2, -0.15) is 4.98 Å². The summed E-state index contributed by atoms with van der Waals surface area (Å²) in [5.74, 6) is 5.15. The number of nitrogens with two attached hydrogens (primary N) is 1. The molecule has 0 radical (unpaired) electrons. The molecular formula is C7H5BrClN3O. The maximum atomic E-state index is 5.81. The van der Waals surface area contributed by atoms with Gasteiger partial charge in [-0.1, -0.05) is 11.6 Å². The Kier molecular flexibility index (Phi) is 2.15. The molecule has 4 nitrogen and oxygen atoms in total. The molecule has 3 N–H and O–H groups in total. The number of benzene rings is 1. The first-order chi connectivity index (χ1) is 6.20. The van der Waals surface area contributed by atoms with Crippen LogP contribution in [0.2, 0.25) is 5.02 Å². The monoisotopic (exact) mass is 261 g/mol. The van der Waals surface area contributed by atoms with Gasteiger partial charge in [-0.3, -0.25) is 5.43 Å². The van der Waals surface area contributed by atoms with E-state index in [1.807, 2.05) is 0 Å². The van der Waals surface area contributed by atoms with Gasteiger partial charge >= 0.3 is 6.01 Å². The lowest BCUT2D eigenvalue weighted by molar-refractivity contribution is 0.615. The molecule has 1 aromatic carbocycles. The lowest BCUT2D eigenvalue weighted by atomic mass is 10.3. The molecule has 6 heteroatoms. The number of aromatic nitrogens is 1. The Balaban J connectivity index is 2.75. The molecule has 0 unspecified atom stereocenters. The zero-order valence-corrected chi connectivity index (χ0v) is 8.69. The fourth-order valence-corrected chi connectivity index (χ4v) is 1.90. The predicted molar refractivity (Wildman–Crippen MR) is 54.5 cm³/mol. The van der Waals surface area contributed by atoms with Crippen molar-refractivity contribution < 1.29 is 4.42 Å². The summed E-state index contributed by atoms with van der Waals surface area (Å²) >= 11 is 9.12. The van der Waals surface area contributed by atoms with Gasteiger partial charge in [-0.05, 0) is 28.1 Å². The molecule has 0 spiro atoms. The van der Waals surface area contributed by atoms with Crippen LogP contribution in [0.4, 0.5) is 6.01 Å². The van der Waals surface area contributed by atoms with Gasteiger partial charge in [0.25, 0.3) is 0 Å². The number of fused-ring (bicyclic) bond motifs is 1. The summed E-state index contributed by atoms with van der Waals surface area (Å²) in [4.78, 5) is 4.04. The number of hydrazine groups is 1. The van der Waals surface area contributed by atoms with Crippen LogP contribution in [0.1, 0.15) is 0 Å². The zero-order valence-electron chi connectivity index (χ0n) is 6.34. The molecule has 0 fully saturated rings. The number of hydrogen-bond donors (Lipinski definition) is 2. The molecule has 0 atom stereocenters. The van der Waals surface area contributed by atoms with Crippen molar-refractivity contribution >= 4 is 44.6 Å². The van der Waals surface area contributed by atoms with E-state index in [4.69, 9.17) is 21.9 Å². The first-order valence-corrected chi connectivity index (χ1v) is 4.60. The van der Waals surface area contributed by atoms with Crippen LogP contribution in [-0.4, -0.2) is 4.98 Å². The molecule has 13 heavy (non-hydrogen) atoms. The number of oxazole rings is 1. The minimum atomic E-state index is 0.262. The van der Waals surface area contributed by atoms with E-state index in [2.05, 4.69) is 26.3 Å². The highest BCUT2D eigenvalue weighted by Gasteiger charge is 2.08. The predicted octanol–water partition coefficient (Wildman–Crippen LogP) is 2.53. The number of nitrogens with zero attached hydrogens (tertiary/aromatic N) is 1. The van der Waals surface area contributed by atoms with Crippen LogP contribution in [0.15, 0.2) is 21.0 Å². The van der Waals surface area contributed by atoms with E-state index in [9.17, 15) is 0 Å². The summed E-state index contributed by atoms with van der Waals surface area (Å²) < 4.78 is 6.00. The Morgan fingerprint density at radius 2 is 2.31 bits per heavy atom. The van der Waals surface area contributed by atoms with Crippen molar-refractivity contribution in [2.24, 2.45) is 5.84 Å². The van der Waals surface area contributed by atoms with Crippen molar-refractivity contribution in [3.05, 3.63) is 21.6 Å². The average Bonchev–Trinajstić information content (AvgIpc) is 2.47. The third-order valence-electron chi connectivity index (χ3n) is 1.53. The van der Waals surface area contributed by atoms with Gasteiger partial charge < -0.3 is 4.42 Å². The second kappa shape index (κ2) is 3.17. The van der Waals surface area contributed by atoms with Crippen molar-refractivity contribution in [2.75, 3.05) is 5.43 Å². The minimum absolute atomic E-state index is 0.262. The summed E-state index contributed by atoms with van der Waals surface area (Å²) in [6, 6.07) is 3.69. The Hall–Kier alpha value is -0.780. The molecular weight excluding hydrogens is 257 g/mol. The SMILES string of the molecule is NNc1nc2cc(Cl)cc(Br)c2o1. The van der Waals surface area contributed by atoms with Crippen LogP contribution in [0.3, 0.4) is 0 Å². The summed E-state index contributed by atoms with van der Waals surface area (Å²) in [5.41, 5.74) is 3.60. The molecule has 2 aromatic rings. The number of anilines is 1. The normalized spacial score (nSPS) is 10.7. The van der Waals surface area contributed by atoms with E-state index >= 15 is 0 Å². The second-order valence-electron chi connectivity index (χ2n) is 2.40. The van der Waals surface area contributed by atoms with E-state index in [1.165, 1.54) is 0 Å². The molecule has 1 heterocycles. The topological polar surface area (TPSA) is 64.1 Å². The maximum Gasteiger partial charge on any atom is 0.310 e. The maximum absolute atomic E-state index is 5.81. The third-order valence-corrected chi connectivity index (χ3v) is 2.34. The summed E-state index contributed by atoms with van der Waals surface area (Å²) in [6.45, 7) is 0. The summed E-state index contributed by atoms with van der Waals surface area (Å²) in [6.07, 6.45) is 0. The zero-order chi connectivity index (χ0) is 9.42. The Morgan fingerprint density at radius 3 is 3.00 bits per heavy atom. The lowest BCUT2D eigenvalue weighted by Gasteiger charge is -1.91. The van der Waals surface area contributed by atoms with Crippen LogP contribution < -0.4 is 11.3 Å². The van der Waals surface area contributed by atoms with Crippen LogP contribution in [0, 0.1) is 0 Å². The van der Waals surface area contributed by atoms with Gasteiger partial charge in [-0.15, -0.1) is 0 Å². The van der Waals surface area contributed by atoms with Crippen molar-refractivity contribution in [1.82, 2.24) is 4.98 Å². The molecule has 0 saturated heterocycles. The summed E-state index contributed by atoms with van der Waals surface area (Å²) in [5, 5.41) is 0.594. The van der Waals surface area contributed by atoms with Gasteiger partial charge in [-0.25, -0.2) is 5.84 Å². The van der Waals surface area contributed by atoms with Crippen LogP contribution in [0.25, 0.3) is 11.1 Å². The highest BCUT2D eigenvalue weighted by Crippen LogP contribution is 2.29. The smallest absolute Gasteiger partial charge is 0.310 e. The molecule has 2 rings (SSSR count). The molecule has 1 aromatic heterocycles. The molecule has 0 amide bonds. The van der Waals surface area contributed by atoms with Crippen molar-refractivity contribution in [2.45, 2.75) is 0 Å². The molecule has 68 valence electrons. The van der Waals surface area contributed by atoms with Crippen LogP contribution >= 0.6 is 27.5 Å². The van der Waals surface area contributed by atoms with Gasteiger partial charge in [0.1, 0.15) is 5.52 Å². The molecule has 0 bridgehead atoms. The Morgan fingerprint density at radius 1 is 1.54 bits per heavy atom. The number of nitrogens with one attached hydrogen (secondary N) is 1. The van der Waals surface area contributed by atoms with Crippen molar-refractivity contribution in [3.63, 3.8) is 0 Å². The molecule has 0 aliphatic heterocycles. The standard InChI is InChI=1S/C7H5BrClN3O/c8-4-1-3(9)2-5-6(4)13-7(11-5)12-10/h1-2H,10H2,(H,11,12). The summed E-state index contributed by atoms with van der Waals surface area (Å²) in [7, 11) is 0. The molecule has 0 saturated carbocycles. The molecule has 0 aliphatic rings. The van der Waals surface area contributed by atoms with E-state index in [-0.39, 0.29) is 6.01 Å². The van der Waals surface area contributed by atoms with Gasteiger partial charge in [0.2, 0.25) is 0 Å². The largest absolute Gasteiger partial charge is 0.421 e. The van der Waals surface area contributed by atoms with Gasteiger partial charge in [0, 0.05) is 5.02 Å². The fourth-order valence-electron chi connectivity index (χ4n) is 1.02. The number of nitrogen functional groups attached to an aromatic ring is 1. The van der Waals surface area contributed by atoms with E-state index in [1.54, 1.807) is 12.1 Å². The average molecular weight is 262 g/mol. The van der Waals surface area contributed by atoms with E-state index < -0.39 is 0 Å².